The lowest BCUT2D eigenvalue weighted by Gasteiger charge is -2.23. The molecule has 4 nitrogen and oxygen atoms in total. The van der Waals surface area contributed by atoms with Crippen molar-refractivity contribution in [3.63, 3.8) is 0 Å². The highest BCUT2D eigenvalue weighted by Gasteiger charge is 2.21. The molecular weight excluding hydrogens is 276 g/mol. The molecule has 1 saturated heterocycles. The molecule has 0 aliphatic carbocycles. The van der Waals surface area contributed by atoms with Crippen LogP contribution >= 0.6 is 11.6 Å². The predicted molar refractivity (Wildman–Crippen MR) is 76.9 cm³/mol. The Morgan fingerprint density at radius 3 is 2.90 bits per heavy atom. The predicted octanol–water partition coefficient (Wildman–Crippen LogP) is 3.72. The van der Waals surface area contributed by atoms with Crippen LogP contribution in [0.4, 0.5) is 0 Å². The summed E-state index contributed by atoms with van der Waals surface area (Å²) in [7, 11) is 0. The van der Waals surface area contributed by atoms with Crippen LogP contribution in [-0.4, -0.2) is 22.7 Å². The Hall–Kier alpha value is -1.65. The minimum absolute atomic E-state index is 0.153. The summed E-state index contributed by atoms with van der Waals surface area (Å²) >= 11 is 6.18. The molecule has 0 spiro atoms. The highest BCUT2D eigenvalue weighted by molar-refractivity contribution is 6.33. The molecule has 1 atom stereocenters. The van der Waals surface area contributed by atoms with Gasteiger partial charge in [0.25, 0.3) is 0 Å². The fourth-order valence-corrected chi connectivity index (χ4v) is 2.68. The number of nitrogens with zero attached hydrogens (tertiary/aromatic N) is 2. The van der Waals surface area contributed by atoms with E-state index in [2.05, 4.69) is 5.10 Å². The third-order valence-corrected chi connectivity index (χ3v) is 3.79. The summed E-state index contributed by atoms with van der Waals surface area (Å²) in [5.41, 5.74) is 2.05. The molecule has 0 radical (unpaired) electrons. The number of aldehydes is 1. The lowest BCUT2D eigenvalue weighted by Crippen LogP contribution is -2.20. The minimum atomic E-state index is -0.153. The third-order valence-electron chi connectivity index (χ3n) is 3.46. The number of carbonyl (C=O) groups excluding carboxylic acids is 1. The van der Waals surface area contributed by atoms with E-state index in [1.165, 1.54) is 0 Å². The van der Waals surface area contributed by atoms with Gasteiger partial charge in [0, 0.05) is 12.2 Å². The number of hydrogen-bond donors (Lipinski definition) is 0. The minimum Gasteiger partial charge on any atom is -0.356 e. The Morgan fingerprint density at radius 2 is 2.20 bits per heavy atom. The molecular formula is C15H15ClN2O2. The van der Waals surface area contributed by atoms with Crippen LogP contribution in [0.2, 0.25) is 5.02 Å². The average Bonchev–Trinajstić information content (AvgIpc) is 2.92. The molecule has 3 rings (SSSR count). The van der Waals surface area contributed by atoms with Crippen molar-refractivity contribution in [1.29, 1.82) is 0 Å². The molecule has 1 aromatic heterocycles. The largest absolute Gasteiger partial charge is 0.356 e. The first kappa shape index (κ1) is 13.3. The number of halogens is 1. The molecule has 1 fully saturated rings. The van der Waals surface area contributed by atoms with Gasteiger partial charge in [0.2, 0.25) is 0 Å². The van der Waals surface area contributed by atoms with E-state index in [1.54, 1.807) is 10.7 Å². The zero-order valence-electron chi connectivity index (χ0n) is 11.0. The van der Waals surface area contributed by atoms with Crippen molar-refractivity contribution in [3.05, 3.63) is 41.0 Å². The summed E-state index contributed by atoms with van der Waals surface area (Å²) in [6.45, 7) is 0.713. The van der Waals surface area contributed by atoms with Crippen molar-refractivity contribution in [3.8, 4) is 11.3 Å². The lowest BCUT2D eigenvalue weighted by atomic mass is 10.1. The molecule has 104 valence electrons. The topological polar surface area (TPSA) is 44.1 Å². The molecule has 1 aliphatic rings. The lowest BCUT2D eigenvalue weighted by molar-refractivity contribution is -0.0401. The second kappa shape index (κ2) is 5.77. The number of carbonyl (C=O) groups is 1. The Labute approximate surface area is 122 Å². The summed E-state index contributed by atoms with van der Waals surface area (Å²) in [4.78, 5) is 11.3. The molecule has 0 N–H and O–H groups in total. The number of ether oxygens (including phenoxy) is 1. The van der Waals surface area contributed by atoms with Crippen LogP contribution in [-0.2, 0) is 4.74 Å². The van der Waals surface area contributed by atoms with Crippen LogP contribution in [0.1, 0.15) is 36.0 Å². The quantitative estimate of drug-likeness (QED) is 0.809. The number of aromatic nitrogens is 2. The average molecular weight is 291 g/mol. The SMILES string of the molecule is O=Cc1cc(-c2ccccc2Cl)nn1C1CCCCO1. The molecule has 1 aromatic carbocycles. The normalized spacial score (nSPS) is 18.9. The van der Waals surface area contributed by atoms with Gasteiger partial charge in [0.15, 0.2) is 12.5 Å². The molecule has 5 heteroatoms. The van der Waals surface area contributed by atoms with E-state index >= 15 is 0 Å². The van der Waals surface area contributed by atoms with E-state index in [9.17, 15) is 4.79 Å². The van der Waals surface area contributed by atoms with Crippen molar-refractivity contribution >= 4 is 17.9 Å². The summed E-state index contributed by atoms with van der Waals surface area (Å²) in [5.74, 6) is 0. The monoisotopic (exact) mass is 290 g/mol. The zero-order chi connectivity index (χ0) is 13.9. The first-order chi connectivity index (χ1) is 9.79. The third kappa shape index (κ3) is 2.49. The van der Waals surface area contributed by atoms with Crippen LogP contribution in [0.3, 0.4) is 0 Å². The van der Waals surface area contributed by atoms with Crippen LogP contribution in [0, 0.1) is 0 Å². The Kier molecular flexibility index (Phi) is 3.85. The van der Waals surface area contributed by atoms with Gasteiger partial charge in [-0.1, -0.05) is 29.8 Å². The van der Waals surface area contributed by atoms with Gasteiger partial charge in [0.05, 0.1) is 10.7 Å². The van der Waals surface area contributed by atoms with E-state index in [-0.39, 0.29) is 6.23 Å². The van der Waals surface area contributed by atoms with Crippen LogP contribution in [0.5, 0.6) is 0 Å². The number of rotatable bonds is 3. The van der Waals surface area contributed by atoms with Crippen molar-refractivity contribution in [1.82, 2.24) is 9.78 Å². The van der Waals surface area contributed by atoms with Gasteiger partial charge in [-0.25, -0.2) is 4.68 Å². The van der Waals surface area contributed by atoms with Crippen LogP contribution < -0.4 is 0 Å². The summed E-state index contributed by atoms with van der Waals surface area (Å²) < 4.78 is 7.37. The Morgan fingerprint density at radius 1 is 1.35 bits per heavy atom. The van der Waals surface area contributed by atoms with Gasteiger partial charge in [-0.05, 0) is 31.4 Å². The van der Waals surface area contributed by atoms with E-state index in [1.807, 2.05) is 24.3 Å². The second-order valence-corrected chi connectivity index (χ2v) is 5.23. The smallest absolute Gasteiger partial charge is 0.168 e. The first-order valence-electron chi connectivity index (χ1n) is 6.71. The standard InChI is InChI=1S/C15H15ClN2O2/c16-13-6-2-1-5-12(13)14-9-11(10-19)18(17-14)15-7-3-4-8-20-15/h1-2,5-6,9-10,15H,3-4,7-8H2. The maximum atomic E-state index is 11.3. The van der Waals surface area contributed by atoms with Crippen molar-refractivity contribution in [2.75, 3.05) is 6.61 Å². The highest BCUT2D eigenvalue weighted by Crippen LogP contribution is 2.29. The van der Waals surface area contributed by atoms with Crippen molar-refractivity contribution in [2.24, 2.45) is 0 Å². The molecule has 0 saturated carbocycles. The molecule has 1 unspecified atom stereocenters. The Bertz CT molecular complexity index is 618. The molecule has 1 aliphatic heterocycles. The fourth-order valence-electron chi connectivity index (χ4n) is 2.44. The molecule has 2 aromatic rings. The molecule has 20 heavy (non-hydrogen) atoms. The highest BCUT2D eigenvalue weighted by atomic mass is 35.5. The van der Waals surface area contributed by atoms with E-state index in [0.29, 0.717) is 23.0 Å². The maximum Gasteiger partial charge on any atom is 0.168 e. The second-order valence-electron chi connectivity index (χ2n) is 4.82. The van der Waals surface area contributed by atoms with Gasteiger partial charge in [-0.3, -0.25) is 4.79 Å². The van der Waals surface area contributed by atoms with Gasteiger partial charge in [0.1, 0.15) is 5.69 Å². The molecule has 0 amide bonds. The van der Waals surface area contributed by atoms with Crippen LogP contribution in [0.15, 0.2) is 30.3 Å². The van der Waals surface area contributed by atoms with E-state index < -0.39 is 0 Å². The van der Waals surface area contributed by atoms with Crippen molar-refractivity contribution < 1.29 is 9.53 Å². The number of benzene rings is 1. The zero-order valence-corrected chi connectivity index (χ0v) is 11.7. The Balaban J connectivity index is 2.00. The van der Waals surface area contributed by atoms with E-state index in [0.717, 1.165) is 31.1 Å². The van der Waals surface area contributed by atoms with Gasteiger partial charge < -0.3 is 4.74 Å². The van der Waals surface area contributed by atoms with Gasteiger partial charge in [-0.15, -0.1) is 0 Å². The summed E-state index contributed by atoms with van der Waals surface area (Å²) in [6, 6.07) is 9.23. The molecule has 2 heterocycles. The summed E-state index contributed by atoms with van der Waals surface area (Å²) in [5, 5.41) is 5.14. The summed E-state index contributed by atoms with van der Waals surface area (Å²) in [6.07, 6.45) is 3.69. The van der Waals surface area contributed by atoms with Gasteiger partial charge >= 0.3 is 0 Å². The fraction of sp³-hybridized carbons (Fsp3) is 0.333. The van der Waals surface area contributed by atoms with Crippen LogP contribution in [0.25, 0.3) is 11.3 Å². The van der Waals surface area contributed by atoms with Crippen molar-refractivity contribution in [2.45, 2.75) is 25.5 Å². The molecule has 0 bridgehead atoms. The van der Waals surface area contributed by atoms with Gasteiger partial charge in [-0.2, -0.15) is 5.10 Å². The first-order valence-corrected chi connectivity index (χ1v) is 7.08. The maximum absolute atomic E-state index is 11.3. The number of hydrogen-bond acceptors (Lipinski definition) is 3. The van der Waals surface area contributed by atoms with E-state index in [4.69, 9.17) is 16.3 Å².